The van der Waals surface area contributed by atoms with E-state index in [0.29, 0.717) is 15.7 Å². The van der Waals surface area contributed by atoms with Gasteiger partial charge in [-0.3, -0.25) is 4.98 Å². The van der Waals surface area contributed by atoms with Gasteiger partial charge in [-0.1, -0.05) is 0 Å². The lowest BCUT2D eigenvalue weighted by atomic mass is 10.1. The van der Waals surface area contributed by atoms with Crippen LogP contribution in [0.25, 0.3) is 0 Å². The van der Waals surface area contributed by atoms with Crippen LogP contribution in [0, 0.1) is 6.92 Å². The molecule has 0 fully saturated rings. The third kappa shape index (κ3) is 2.03. The fourth-order valence-corrected chi connectivity index (χ4v) is 1.65. The highest BCUT2D eigenvalue weighted by Gasteiger charge is 2.18. The van der Waals surface area contributed by atoms with Crippen LogP contribution in [0.3, 0.4) is 0 Å². The first-order chi connectivity index (χ1) is 6.07. The number of nitrogens with zero attached hydrogens (tertiary/aromatic N) is 1. The van der Waals surface area contributed by atoms with Gasteiger partial charge in [-0.15, -0.1) is 0 Å². The van der Waals surface area contributed by atoms with Gasteiger partial charge in [0, 0.05) is 28.5 Å². The fraction of sp³-hybridized carbons (Fsp3) is 0.375. The zero-order valence-electron chi connectivity index (χ0n) is 7.02. The van der Waals surface area contributed by atoms with Gasteiger partial charge in [0.15, 0.2) is 0 Å². The standard InChI is InChI=1S/C8H9BrF2N2/c1-4-5(2-12)7(8(10)11)6(9)3-13-4/h3,8H,2,12H2,1H3. The fourth-order valence-electron chi connectivity index (χ4n) is 1.13. The van der Waals surface area contributed by atoms with Crippen molar-refractivity contribution in [2.45, 2.75) is 19.9 Å². The molecule has 0 spiro atoms. The normalized spacial score (nSPS) is 10.9. The molecule has 1 aromatic rings. The minimum Gasteiger partial charge on any atom is -0.326 e. The Bertz CT molecular complexity index is 315. The Morgan fingerprint density at radius 2 is 2.23 bits per heavy atom. The Hall–Kier alpha value is -0.550. The zero-order valence-corrected chi connectivity index (χ0v) is 8.61. The van der Waals surface area contributed by atoms with E-state index in [1.165, 1.54) is 6.20 Å². The van der Waals surface area contributed by atoms with Gasteiger partial charge in [0.2, 0.25) is 0 Å². The van der Waals surface area contributed by atoms with Crippen LogP contribution in [-0.2, 0) is 6.54 Å². The lowest BCUT2D eigenvalue weighted by Gasteiger charge is -2.10. The number of halogens is 3. The van der Waals surface area contributed by atoms with Crippen molar-refractivity contribution in [3.8, 4) is 0 Å². The molecule has 0 unspecified atom stereocenters. The highest BCUT2D eigenvalue weighted by Crippen LogP contribution is 2.30. The second-order valence-corrected chi connectivity index (χ2v) is 3.44. The largest absolute Gasteiger partial charge is 0.326 e. The molecule has 1 aromatic heterocycles. The summed E-state index contributed by atoms with van der Waals surface area (Å²) in [5.41, 5.74) is 6.29. The van der Waals surface area contributed by atoms with Gasteiger partial charge in [0.25, 0.3) is 6.43 Å². The number of hydrogen-bond donors (Lipinski definition) is 1. The Balaban J connectivity index is 3.35. The lowest BCUT2D eigenvalue weighted by molar-refractivity contribution is 0.149. The van der Waals surface area contributed by atoms with Crippen molar-refractivity contribution < 1.29 is 8.78 Å². The number of hydrogen-bond acceptors (Lipinski definition) is 2. The first-order valence-electron chi connectivity index (χ1n) is 3.70. The molecule has 0 atom stereocenters. The SMILES string of the molecule is Cc1ncc(Br)c(C(F)F)c1CN. The quantitative estimate of drug-likeness (QED) is 0.877. The molecule has 2 N–H and O–H groups in total. The summed E-state index contributed by atoms with van der Waals surface area (Å²) in [5.74, 6) is 0. The van der Waals surface area contributed by atoms with Crippen molar-refractivity contribution in [1.29, 1.82) is 0 Å². The number of rotatable bonds is 2. The van der Waals surface area contributed by atoms with Crippen LogP contribution < -0.4 is 5.73 Å². The Labute approximate surface area is 83.3 Å². The molecule has 5 heteroatoms. The van der Waals surface area contributed by atoms with Crippen molar-refractivity contribution in [2.24, 2.45) is 5.73 Å². The molecule has 0 aromatic carbocycles. The van der Waals surface area contributed by atoms with E-state index in [1.807, 2.05) is 0 Å². The average Bonchev–Trinajstić information content (AvgIpc) is 2.07. The third-order valence-electron chi connectivity index (χ3n) is 1.81. The van der Waals surface area contributed by atoms with E-state index in [4.69, 9.17) is 5.73 Å². The summed E-state index contributed by atoms with van der Waals surface area (Å²) in [4.78, 5) is 3.93. The van der Waals surface area contributed by atoms with Gasteiger partial charge in [-0.25, -0.2) is 8.78 Å². The molecule has 0 aliphatic carbocycles. The third-order valence-corrected chi connectivity index (χ3v) is 2.44. The van der Waals surface area contributed by atoms with Crippen molar-refractivity contribution in [1.82, 2.24) is 4.98 Å². The first-order valence-corrected chi connectivity index (χ1v) is 4.49. The lowest BCUT2D eigenvalue weighted by Crippen LogP contribution is -2.07. The molecular formula is C8H9BrF2N2. The Kier molecular flexibility index (Phi) is 3.33. The smallest absolute Gasteiger partial charge is 0.265 e. The second-order valence-electron chi connectivity index (χ2n) is 2.59. The molecule has 0 saturated heterocycles. The second kappa shape index (κ2) is 4.11. The van der Waals surface area contributed by atoms with Crippen molar-refractivity contribution in [2.75, 3.05) is 0 Å². The van der Waals surface area contributed by atoms with E-state index in [2.05, 4.69) is 20.9 Å². The average molecular weight is 251 g/mol. The van der Waals surface area contributed by atoms with Crippen LogP contribution in [0.4, 0.5) is 8.78 Å². The molecule has 1 heterocycles. The monoisotopic (exact) mass is 250 g/mol. The van der Waals surface area contributed by atoms with Crippen LogP contribution >= 0.6 is 15.9 Å². The van der Waals surface area contributed by atoms with Crippen molar-refractivity contribution >= 4 is 15.9 Å². The molecule has 0 amide bonds. The molecular weight excluding hydrogens is 242 g/mol. The van der Waals surface area contributed by atoms with Crippen LogP contribution in [-0.4, -0.2) is 4.98 Å². The van der Waals surface area contributed by atoms with Gasteiger partial charge < -0.3 is 5.73 Å². The molecule has 0 aliphatic heterocycles. The van der Waals surface area contributed by atoms with E-state index < -0.39 is 6.43 Å². The zero-order chi connectivity index (χ0) is 10.0. The summed E-state index contributed by atoms with van der Waals surface area (Å²) in [6.07, 6.45) is -1.15. The summed E-state index contributed by atoms with van der Waals surface area (Å²) in [7, 11) is 0. The van der Waals surface area contributed by atoms with E-state index >= 15 is 0 Å². The highest BCUT2D eigenvalue weighted by atomic mass is 79.9. The summed E-state index contributed by atoms with van der Waals surface area (Å²) >= 11 is 3.02. The van der Waals surface area contributed by atoms with Gasteiger partial charge in [0.1, 0.15) is 0 Å². The molecule has 2 nitrogen and oxygen atoms in total. The maximum atomic E-state index is 12.5. The van der Waals surface area contributed by atoms with Crippen LogP contribution in [0.2, 0.25) is 0 Å². The van der Waals surface area contributed by atoms with Gasteiger partial charge >= 0.3 is 0 Å². The Morgan fingerprint density at radius 1 is 1.62 bits per heavy atom. The van der Waals surface area contributed by atoms with E-state index in [1.54, 1.807) is 6.92 Å². The number of nitrogens with two attached hydrogens (primary N) is 1. The molecule has 0 saturated carbocycles. The maximum absolute atomic E-state index is 12.5. The molecule has 13 heavy (non-hydrogen) atoms. The van der Waals surface area contributed by atoms with Gasteiger partial charge in [-0.2, -0.15) is 0 Å². The van der Waals surface area contributed by atoms with E-state index in [9.17, 15) is 8.78 Å². The van der Waals surface area contributed by atoms with Crippen LogP contribution in [0.15, 0.2) is 10.7 Å². The number of alkyl halides is 2. The van der Waals surface area contributed by atoms with Crippen molar-refractivity contribution in [3.63, 3.8) is 0 Å². The highest BCUT2D eigenvalue weighted by molar-refractivity contribution is 9.10. The van der Waals surface area contributed by atoms with Crippen LogP contribution in [0.1, 0.15) is 23.2 Å². The topological polar surface area (TPSA) is 38.9 Å². The number of aryl methyl sites for hydroxylation is 1. The molecule has 72 valence electrons. The molecule has 1 rings (SSSR count). The first kappa shape index (κ1) is 10.5. The van der Waals surface area contributed by atoms with Gasteiger partial charge in [-0.05, 0) is 28.4 Å². The minimum atomic E-state index is -2.52. The predicted octanol–water partition coefficient (Wildman–Crippen LogP) is 2.55. The predicted molar refractivity (Wildman–Crippen MR) is 49.5 cm³/mol. The Morgan fingerprint density at radius 3 is 2.62 bits per heavy atom. The number of pyridine rings is 1. The summed E-state index contributed by atoms with van der Waals surface area (Å²) in [6.45, 7) is 1.75. The van der Waals surface area contributed by atoms with Crippen molar-refractivity contribution in [3.05, 3.63) is 27.5 Å². The van der Waals surface area contributed by atoms with E-state index in [0.717, 1.165) is 0 Å². The summed E-state index contributed by atoms with van der Waals surface area (Å²) in [6, 6.07) is 0. The maximum Gasteiger partial charge on any atom is 0.265 e. The van der Waals surface area contributed by atoms with E-state index in [-0.39, 0.29) is 12.1 Å². The summed E-state index contributed by atoms with van der Waals surface area (Å²) < 4.78 is 25.4. The molecule has 0 aliphatic rings. The van der Waals surface area contributed by atoms with Crippen LogP contribution in [0.5, 0.6) is 0 Å². The molecule has 0 radical (unpaired) electrons. The molecule has 0 bridgehead atoms. The number of aromatic nitrogens is 1. The summed E-state index contributed by atoms with van der Waals surface area (Å²) in [5, 5.41) is 0. The van der Waals surface area contributed by atoms with Gasteiger partial charge in [0.05, 0.1) is 0 Å². The minimum absolute atomic E-state index is 0.0463.